The fourth-order valence-electron chi connectivity index (χ4n) is 1.68. The van der Waals surface area contributed by atoms with Crippen molar-refractivity contribution >= 4 is 33.0 Å². The molecule has 20 heavy (non-hydrogen) atoms. The van der Waals surface area contributed by atoms with Gasteiger partial charge in [-0.2, -0.15) is 0 Å². The van der Waals surface area contributed by atoms with Crippen molar-refractivity contribution in [3.8, 4) is 0 Å². The van der Waals surface area contributed by atoms with Crippen LogP contribution in [0.4, 0.5) is 0 Å². The van der Waals surface area contributed by atoms with Crippen LogP contribution in [-0.2, 0) is 21.2 Å². The van der Waals surface area contributed by atoms with Crippen LogP contribution in [0.3, 0.4) is 0 Å². The van der Waals surface area contributed by atoms with Crippen molar-refractivity contribution in [3.63, 3.8) is 0 Å². The molecule has 1 atom stereocenters. The maximum atomic E-state index is 11.8. The van der Waals surface area contributed by atoms with Gasteiger partial charge in [0.25, 0.3) is 0 Å². The number of carbonyl (C=O) groups excluding carboxylic acids is 1. The number of hydrogen-bond donors (Lipinski definition) is 2. The molecule has 0 saturated heterocycles. The molecule has 0 aromatic heterocycles. The third kappa shape index (κ3) is 4.57. The minimum Gasteiger partial charge on any atom is -0.393 e. The fraction of sp³-hybridized carbons (Fsp3) is 0.385. The molecule has 1 aromatic carbocycles. The maximum Gasteiger partial charge on any atom is 0.230 e. The van der Waals surface area contributed by atoms with Gasteiger partial charge in [0.2, 0.25) is 5.91 Å². The number of nitrogens with two attached hydrogens (primary N) is 1. The lowest BCUT2D eigenvalue weighted by atomic mass is 10.1. The molecule has 0 heterocycles. The summed E-state index contributed by atoms with van der Waals surface area (Å²) in [6.07, 6.45) is 1.70. The molecule has 7 heteroatoms. The molecule has 0 fully saturated rings. The van der Waals surface area contributed by atoms with Crippen LogP contribution in [0.25, 0.3) is 0 Å². The SMILES string of the molecule is CCC(C(=O)NCc1ccc(S(C)(=O)=O)cc1)C(N)=S. The van der Waals surface area contributed by atoms with Crippen LogP contribution in [0.1, 0.15) is 18.9 Å². The Kier molecular flexibility index (Phi) is 5.64. The molecule has 0 bridgehead atoms. The summed E-state index contributed by atoms with van der Waals surface area (Å²) < 4.78 is 22.6. The van der Waals surface area contributed by atoms with Gasteiger partial charge in [-0.1, -0.05) is 31.3 Å². The third-order valence-electron chi connectivity index (χ3n) is 2.89. The lowest BCUT2D eigenvalue weighted by Gasteiger charge is -2.13. The first kappa shape index (κ1) is 16.6. The molecule has 0 aliphatic heterocycles. The molecule has 0 aliphatic carbocycles. The monoisotopic (exact) mass is 314 g/mol. The molecule has 1 unspecified atom stereocenters. The smallest absolute Gasteiger partial charge is 0.230 e. The van der Waals surface area contributed by atoms with Crippen LogP contribution < -0.4 is 11.1 Å². The van der Waals surface area contributed by atoms with Crippen molar-refractivity contribution in [2.45, 2.75) is 24.8 Å². The van der Waals surface area contributed by atoms with E-state index in [9.17, 15) is 13.2 Å². The van der Waals surface area contributed by atoms with Crippen molar-refractivity contribution in [2.75, 3.05) is 6.26 Å². The topological polar surface area (TPSA) is 89.3 Å². The summed E-state index contributed by atoms with van der Waals surface area (Å²) in [4.78, 5) is 12.3. The van der Waals surface area contributed by atoms with Gasteiger partial charge in [0.05, 0.1) is 15.8 Å². The zero-order valence-electron chi connectivity index (χ0n) is 11.4. The first-order chi connectivity index (χ1) is 9.25. The van der Waals surface area contributed by atoms with Crippen LogP contribution in [0.2, 0.25) is 0 Å². The van der Waals surface area contributed by atoms with Crippen LogP contribution in [-0.4, -0.2) is 25.6 Å². The Hall–Kier alpha value is -1.47. The minimum absolute atomic E-state index is 0.178. The summed E-state index contributed by atoms with van der Waals surface area (Å²) in [5, 5.41) is 2.73. The number of benzene rings is 1. The first-order valence-electron chi connectivity index (χ1n) is 6.11. The zero-order chi connectivity index (χ0) is 15.3. The lowest BCUT2D eigenvalue weighted by Crippen LogP contribution is -2.37. The van der Waals surface area contributed by atoms with Crippen molar-refractivity contribution < 1.29 is 13.2 Å². The zero-order valence-corrected chi connectivity index (χ0v) is 13.1. The van der Waals surface area contributed by atoms with Gasteiger partial charge < -0.3 is 11.1 Å². The van der Waals surface area contributed by atoms with E-state index in [4.69, 9.17) is 18.0 Å². The van der Waals surface area contributed by atoms with E-state index < -0.39 is 15.8 Å². The van der Waals surface area contributed by atoms with Gasteiger partial charge >= 0.3 is 0 Å². The fourth-order valence-corrected chi connectivity index (χ4v) is 2.59. The molecule has 3 N–H and O–H groups in total. The summed E-state index contributed by atoms with van der Waals surface area (Å²) in [7, 11) is -3.20. The Morgan fingerprint density at radius 3 is 2.30 bits per heavy atom. The summed E-state index contributed by atoms with van der Waals surface area (Å²) in [6, 6.07) is 6.36. The highest BCUT2D eigenvalue weighted by Gasteiger charge is 2.18. The molecule has 1 aromatic rings. The van der Waals surface area contributed by atoms with E-state index in [1.807, 2.05) is 6.92 Å². The summed E-state index contributed by atoms with van der Waals surface area (Å²) >= 11 is 4.83. The van der Waals surface area contributed by atoms with Gasteiger partial charge in [0, 0.05) is 12.8 Å². The Morgan fingerprint density at radius 2 is 1.90 bits per heavy atom. The summed E-state index contributed by atoms with van der Waals surface area (Å²) in [6.45, 7) is 2.15. The quantitative estimate of drug-likeness (QED) is 0.765. The van der Waals surface area contributed by atoms with Crippen molar-refractivity contribution in [3.05, 3.63) is 29.8 Å². The molecule has 0 aliphatic rings. The van der Waals surface area contributed by atoms with Crippen molar-refractivity contribution in [1.82, 2.24) is 5.32 Å². The van der Waals surface area contributed by atoms with E-state index in [0.717, 1.165) is 11.8 Å². The Balaban J connectivity index is 2.67. The second-order valence-electron chi connectivity index (χ2n) is 4.50. The third-order valence-corrected chi connectivity index (χ3v) is 4.30. The second kappa shape index (κ2) is 6.81. The van der Waals surface area contributed by atoms with Gasteiger partial charge in [-0.05, 0) is 24.1 Å². The number of amides is 1. The number of thiocarbonyl (C=S) groups is 1. The van der Waals surface area contributed by atoms with E-state index in [1.54, 1.807) is 12.1 Å². The molecule has 0 saturated carbocycles. The Bertz CT molecular complexity index is 595. The predicted octanol–water partition coefficient (Wildman–Crippen LogP) is 1.02. The number of rotatable bonds is 6. The molecule has 1 amide bonds. The number of nitrogens with one attached hydrogen (secondary N) is 1. The molecule has 0 spiro atoms. The van der Waals surface area contributed by atoms with Crippen molar-refractivity contribution in [2.24, 2.45) is 11.7 Å². The minimum atomic E-state index is -3.20. The van der Waals surface area contributed by atoms with Crippen LogP contribution in [0.5, 0.6) is 0 Å². The highest BCUT2D eigenvalue weighted by molar-refractivity contribution is 7.90. The molecule has 5 nitrogen and oxygen atoms in total. The van der Waals surface area contributed by atoms with E-state index in [2.05, 4.69) is 5.32 Å². The van der Waals surface area contributed by atoms with Gasteiger partial charge in [-0.3, -0.25) is 4.79 Å². The highest BCUT2D eigenvalue weighted by atomic mass is 32.2. The molecule has 110 valence electrons. The molecule has 1 rings (SSSR count). The molecule has 0 radical (unpaired) electrons. The highest BCUT2D eigenvalue weighted by Crippen LogP contribution is 2.10. The predicted molar refractivity (Wildman–Crippen MR) is 82.0 cm³/mol. The van der Waals surface area contributed by atoms with Crippen LogP contribution >= 0.6 is 12.2 Å². The van der Waals surface area contributed by atoms with Crippen LogP contribution in [0.15, 0.2) is 29.2 Å². The second-order valence-corrected chi connectivity index (χ2v) is 6.98. The first-order valence-corrected chi connectivity index (χ1v) is 8.41. The van der Waals surface area contributed by atoms with E-state index in [-0.39, 0.29) is 15.8 Å². The Morgan fingerprint density at radius 1 is 1.35 bits per heavy atom. The van der Waals surface area contributed by atoms with Gasteiger partial charge in [0.1, 0.15) is 0 Å². The lowest BCUT2D eigenvalue weighted by molar-refractivity contribution is -0.123. The van der Waals surface area contributed by atoms with E-state index in [1.165, 1.54) is 12.1 Å². The maximum absolute atomic E-state index is 11.8. The average Bonchev–Trinajstić information content (AvgIpc) is 2.36. The van der Waals surface area contributed by atoms with E-state index >= 15 is 0 Å². The average molecular weight is 314 g/mol. The number of sulfone groups is 1. The molecular weight excluding hydrogens is 296 g/mol. The van der Waals surface area contributed by atoms with Gasteiger partial charge in [0.15, 0.2) is 9.84 Å². The summed E-state index contributed by atoms with van der Waals surface area (Å²) in [5.41, 5.74) is 6.30. The normalized spacial score (nSPS) is 12.7. The van der Waals surface area contributed by atoms with Crippen LogP contribution in [0, 0.1) is 5.92 Å². The number of hydrogen-bond acceptors (Lipinski definition) is 4. The molecular formula is C13H18N2O3S2. The standard InChI is InChI=1S/C13H18N2O3S2/c1-3-11(12(14)19)13(16)15-8-9-4-6-10(7-5-9)20(2,17)18/h4-7,11H,3,8H2,1-2H3,(H2,14,19)(H,15,16). The largest absolute Gasteiger partial charge is 0.393 e. The van der Waals surface area contributed by atoms with Crippen molar-refractivity contribution in [1.29, 1.82) is 0 Å². The van der Waals surface area contributed by atoms with Gasteiger partial charge in [-0.25, -0.2) is 8.42 Å². The van der Waals surface area contributed by atoms with Gasteiger partial charge in [-0.15, -0.1) is 0 Å². The van der Waals surface area contributed by atoms with E-state index in [0.29, 0.717) is 13.0 Å². The number of carbonyl (C=O) groups is 1. The summed E-state index contributed by atoms with van der Waals surface area (Å²) in [5.74, 6) is -0.688. The Labute approximate surface area is 124 Å².